The fourth-order valence-corrected chi connectivity index (χ4v) is 2.11. The lowest BCUT2D eigenvalue weighted by Gasteiger charge is -2.07. The first-order chi connectivity index (χ1) is 10.5. The van der Waals surface area contributed by atoms with Crippen molar-refractivity contribution in [3.05, 3.63) is 65.2 Å². The van der Waals surface area contributed by atoms with Crippen molar-refractivity contribution in [2.24, 2.45) is 0 Å². The zero-order chi connectivity index (χ0) is 15.9. The molecule has 3 nitrogen and oxygen atoms in total. The molecule has 0 aliphatic heterocycles. The summed E-state index contributed by atoms with van der Waals surface area (Å²) in [6.45, 7) is 1.41. The molecule has 0 atom stereocenters. The molecular formula is C16H10F3NO2. The first-order valence-corrected chi connectivity index (χ1v) is 6.39. The first kappa shape index (κ1) is 14.2. The van der Waals surface area contributed by atoms with Crippen LogP contribution in [0.2, 0.25) is 0 Å². The SMILES string of the molecule is Cc1cc(F)c(NC(=O)c2coc3ccc(F)cc23)cc1F. The number of furan rings is 1. The summed E-state index contributed by atoms with van der Waals surface area (Å²) in [6, 6.07) is 5.60. The second-order valence-corrected chi connectivity index (χ2v) is 4.83. The quantitative estimate of drug-likeness (QED) is 0.762. The topological polar surface area (TPSA) is 42.2 Å². The third-order valence-electron chi connectivity index (χ3n) is 3.28. The van der Waals surface area contributed by atoms with Crippen LogP contribution in [-0.2, 0) is 0 Å². The van der Waals surface area contributed by atoms with E-state index in [4.69, 9.17) is 4.42 Å². The van der Waals surface area contributed by atoms with E-state index >= 15 is 0 Å². The van der Waals surface area contributed by atoms with Crippen molar-refractivity contribution in [1.82, 2.24) is 0 Å². The van der Waals surface area contributed by atoms with Gasteiger partial charge in [-0.1, -0.05) is 0 Å². The Hall–Kier alpha value is -2.76. The summed E-state index contributed by atoms with van der Waals surface area (Å²) in [4.78, 5) is 12.2. The van der Waals surface area contributed by atoms with E-state index in [-0.39, 0.29) is 22.2 Å². The molecule has 112 valence electrons. The molecule has 0 unspecified atom stereocenters. The Morgan fingerprint density at radius 2 is 1.86 bits per heavy atom. The Morgan fingerprint density at radius 1 is 1.09 bits per heavy atom. The van der Waals surface area contributed by atoms with Gasteiger partial charge in [0.2, 0.25) is 0 Å². The Bertz CT molecular complexity index is 886. The molecule has 0 saturated carbocycles. The molecule has 6 heteroatoms. The summed E-state index contributed by atoms with van der Waals surface area (Å²) < 4.78 is 45.6. The first-order valence-electron chi connectivity index (χ1n) is 6.39. The van der Waals surface area contributed by atoms with E-state index in [1.165, 1.54) is 19.1 Å². The maximum Gasteiger partial charge on any atom is 0.259 e. The zero-order valence-corrected chi connectivity index (χ0v) is 11.4. The summed E-state index contributed by atoms with van der Waals surface area (Å²) in [7, 11) is 0. The number of hydrogen-bond donors (Lipinski definition) is 1. The average Bonchev–Trinajstić information content (AvgIpc) is 2.87. The summed E-state index contributed by atoms with van der Waals surface area (Å²) in [5.74, 6) is -2.65. The van der Waals surface area contributed by atoms with Crippen LogP contribution in [0, 0.1) is 24.4 Å². The molecule has 1 N–H and O–H groups in total. The van der Waals surface area contributed by atoms with Gasteiger partial charge in [-0.3, -0.25) is 4.79 Å². The molecule has 1 amide bonds. The van der Waals surface area contributed by atoms with Crippen molar-refractivity contribution in [3.8, 4) is 0 Å². The molecule has 0 spiro atoms. The number of anilines is 1. The molecule has 0 fully saturated rings. The van der Waals surface area contributed by atoms with Crippen LogP contribution in [0.15, 0.2) is 41.0 Å². The molecule has 2 aromatic carbocycles. The Kier molecular flexibility index (Phi) is 3.36. The number of fused-ring (bicyclic) bond motifs is 1. The van der Waals surface area contributed by atoms with Crippen LogP contribution in [0.25, 0.3) is 11.0 Å². The fraction of sp³-hybridized carbons (Fsp3) is 0.0625. The van der Waals surface area contributed by atoms with E-state index in [0.717, 1.165) is 24.5 Å². The van der Waals surface area contributed by atoms with E-state index in [0.29, 0.717) is 5.58 Å². The number of rotatable bonds is 2. The van der Waals surface area contributed by atoms with Gasteiger partial charge in [0.05, 0.1) is 11.3 Å². The number of benzene rings is 2. The lowest BCUT2D eigenvalue weighted by Crippen LogP contribution is -2.13. The van der Waals surface area contributed by atoms with Crippen LogP contribution in [0.3, 0.4) is 0 Å². The van der Waals surface area contributed by atoms with Gasteiger partial charge in [0.25, 0.3) is 5.91 Å². The van der Waals surface area contributed by atoms with Crippen molar-refractivity contribution < 1.29 is 22.4 Å². The molecule has 1 heterocycles. The summed E-state index contributed by atoms with van der Waals surface area (Å²) in [5.41, 5.74) is 0.196. The van der Waals surface area contributed by atoms with E-state index in [1.807, 2.05) is 0 Å². The lowest BCUT2D eigenvalue weighted by atomic mass is 10.1. The van der Waals surface area contributed by atoms with Gasteiger partial charge in [0, 0.05) is 11.5 Å². The van der Waals surface area contributed by atoms with Crippen molar-refractivity contribution in [2.45, 2.75) is 6.92 Å². The van der Waals surface area contributed by atoms with Gasteiger partial charge in [0.1, 0.15) is 29.3 Å². The highest BCUT2D eigenvalue weighted by atomic mass is 19.1. The highest BCUT2D eigenvalue weighted by molar-refractivity contribution is 6.12. The smallest absolute Gasteiger partial charge is 0.259 e. The monoisotopic (exact) mass is 305 g/mol. The summed E-state index contributed by atoms with van der Waals surface area (Å²) in [6.07, 6.45) is 1.14. The Balaban J connectivity index is 1.97. The number of halogens is 3. The second kappa shape index (κ2) is 5.22. The third-order valence-corrected chi connectivity index (χ3v) is 3.28. The number of hydrogen-bond acceptors (Lipinski definition) is 2. The van der Waals surface area contributed by atoms with Crippen molar-refractivity contribution in [2.75, 3.05) is 5.32 Å². The minimum Gasteiger partial charge on any atom is -0.463 e. The number of carbonyl (C=O) groups is 1. The van der Waals surface area contributed by atoms with Gasteiger partial charge in [-0.2, -0.15) is 0 Å². The van der Waals surface area contributed by atoms with Gasteiger partial charge in [-0.25, -0.2) is 13.2 Å². The number of aryl methyl sites for hydroxylation is 1. The zero-order valence-electron chi connectivity index (χ0n) is 11.4. The van der Waals surface area contributed by atoms with E-state index in [9.17, 15) is 18.0 Å². The molecular weight excluding hydrogens is 295 g/mol. The molecule has 3 aromatic rings. The predicted octanol–water partition coefficient (Wildman–Crippen LogP) is 4.41. The van der Waals surface area contributed by atoms with Crippen molar-refractivity contribution >= 4 is 22.6 Å². The molecule has 0 radical (unpaired) electrons. The average molecular weight is 305 g/mol. The summed E-state index contributed by atoms with van der Waals surface area (Å²) >= 11 is 0. The number of carbonyl (C=O) groups excluding carboxylic acids is 1. The highest BCUT2D eigenvalue weighted by Gasteiger charge is 2.17. The van der Waals surface area contributed by atoms with Gasteiger partial charge in [0.15, 0.2) is 0 Å². The molecule has 0 aliphatic carbocycles. The van der Waals surface area contributed by atoms with Gasteiger partial charge < -0.3 is 9.73 Å². The normalized spacial score (nSPS) is 10.9. The van der Waals surface area contributed by atoms with Crippen LogP contribution in [0.1, 0.15) is 15.9 Å². The van der Waals surface area contributed by atoms with Crippen molar-refractivity contribution in [3.63, 3.8) is 0 Å². The standard InChI is InChI=1S/C16H10F3NO2/c1-8-4-13(19)14(6-12(8)18)20-16(21)11-7-22-15-3-2-9(17)5-10(11)15/h2-7H,1H3,(H,20,21). The van der Waals surface area contributed by atoms with E-state index < -0.39 is 23.4 Å². The fourth-order valence-electron chi connectivity index (χ4n) is 2.11. The van der Waals surface area contributed by atoms with Crippen LogP contribution in [-0.4, -0.2) is 5.91 Å². The van der Waals surface area contributed by atoms with Crippen LogP contribution in [0.5, 0.6) is 0 Å². The van der Waals surface area contributed by atoms with Crippen LogP contribution in [0.4, 0.5) is 18.9 Å². The number of nitrogens with one attached hydrogen (secondary N) is 1. The molecule has 22 heavy (non-hydrogen) atoms. The van der Waals surface area contributed by atoms with Gasteiger partial charge >= 0.3 is 0 Å². The van der Waals surface area contributed by atoms with Crippen LogP contribution < -0.4 is 5.32 Å². The highest BCUT2D eigenvalue weighted by Crippen LogP contribution is 2.24. The molecule has 1 aromatic heterocycles. The third kappa shape index (κ3) is 2.43. The molecule has 0 aliphatic rings. The molecule has 0 saturated heterocycles. The van der Waals surface area contributed by atoms with E-state index in [1.54, 1.807) is 0 Å². The second-order valence-electron chi connectivity index (χ2n) is 4.83. The van der Waals surface area contributed by atoms with Crippen molar-refractivity contribution in [1.29, 1.82) is 0 Å². The maximum atomic E-state index is 13.7. The van der Waals surface area contributed by atoms with E-state index in [2.05, 4.69) is 5.32 Å². The molecule has 0 bridgehead atoms. The molecule has 3 rings (SSSR count). The number of amides is 1. The van der Waals surface area contributed by atoms with Gasteiger partial charge in [-0.15, -0.1) is 0 Å². The lowest BCUT2D eigenvalue weighted by molar-refractivity contribution is 0.102. The predicted molar refractivity (Wildman–Crippen MR) is 75.2 cm³/mol. The van der Waals surface area contributed by atoms with Crippen LogP contribution >= 0.6 is 0 Å². The Morgan fingerprint density at radius 3 is 2.64 bits per heavy atom. The summed E-state index contributed by atoms with van der Waals surface area (Å²) in [5, 5.41) is 2.51. The minimum atomic E-state index is -0.758. The largest absolute Gasteiger partial charge is 0.463 e. The Labute approximate surface area is 123 Å². The maximum absolute atomic E-state index is 13.7. The minimum absolute atomic E-state index is 0.0369. The van der Waals surface area contributed by atoms with Gasteiger partial charge in [-0.05, 0) is 36.8 Å².